The molecule has 2 aliphatic rings. The molecule has 3 heteroatoms. The molecule has 0 aromatic rings. The number of carbonyl (C=O) groups is 2. The molecule has 5 unspecified atom stereocenters. The van der Waals surface area contributed by atoms with Crippen LogP contribution in [0.1, 0.15) is 60.3 Å². The van der Waals surface area contributed by atoms with Gasteiger partial charge in [0.15, 0.2) is 0 Å². The van der Waals surface area contributed by atoms with E-state index < -0.39 is 5.60 Å². The SMILES string of the molecule is CC(=O)OC12CCC(C)C(=O)C1C(C(C)C)CCC2C. The lowest BCUT2D eigenvalue weighted by molar-refractivity contribution is -0.197. The van der Waals surface area contributed by atoms with Gasteiger partial charge >= 0.3 is 5.97 Å². The lowest BCUT2D eigenvalue weighted by Crippen LogP contribution is -2.60. The van der Waals surface area contributed by atoms with Crippen LogP contribution in [0.3, 0.4) is 0 Å². The van der Waals surface area contributed by atoms with Gasteiger partial charge in [0.05, 0.1) is 5.92 Å². The summed E-state index contributed by atoms with van der Waals surface area (Å²) < 4.78 is 5.83. The van der Waals surface area contributed by atoms with Crippen molar-refractivity contribution in [1.82, 2.24) is 0 Å². The molecular formula is C17H28O3. The summed E-state index contributed by atoms with van der Waals surface area (Å²) in [6.07, 6.45) is 3.81. The van der Waals surface area contributed by atoms with Gasteiger partial charge in [0.1, 0.15) is 11.4 Å². The van der Waals surface area contributed by atoms with Crippen LogP contribution in [-0.4, -0.2) is 17.4 Å². The van der Waals surface area contributed by atoms with Crippen molar-refractivity contribution >= 4 is 11.8 Å². The van der Waals surface area contributed by atoms with Crippen molar-refractivity contribution in [3.63, 3.8) is 0 Å². The molecule has 2 rings (SSSR count). The Morgan fingerprint density at radius 2 is 1.90 bits per heavy atom. The zero-order valence-corrected chi connectivity index (χ0v) is 13.4. The molecule has 0 radical (unpaired) electrons. The van der Waals surface area contributed by atoms with Gasteiger partial charge in [-0.2, -0.15) is 0 Å². The topological polar surface area (TPSA) is 43.4 Å². The van der Waals surface area contributed by atoms with Crippen LogP contribution in [0.25, 0.3) is 0 Å². The van der Waals surface area contributed by atoms with Crippen LogP contribution < -0.4 is 0 Å². The first-order valence-electron chi connectivity index (χ1n) is 8.03. The van der Waals surface area contributed by atoms with E-state index in [0.29, 0.717) is 17.6 Å². The highest BCUT2D eigenvalue weighted by atomic mass is 16.6. The van der Waals surface area contributed by atoms with E-state index >= 15 is 0 Å². The lowest BCUT2D eigenvalue weighted by Gasteiger charge is -2.54. The fraction of sp³-hybridized carbons (Fsp3) is 0.882. The van der Waals surface area contributed by atoms with E-state index in [-0.39, 0.29) is 23.7 Å². The van der Waals surface area contributed by atoms with E-state index in [1.807, 2.05) is 6.92 Å². The summed E-state index contributed by atoms with van der Waals surface area (Å²) in [5.41, 5.74) is -0.539. The number of ether oxygens (including phenoxy) is 1. The molecular weight excluding hydrogens is 252 g/mol. The molecule has 0 N–H and O–H groups in total. The van der Waals surface area contributed by atoms with Crippen molar-refractivity contribution in [1.29, 1.82) is 0 Å². The summed E-state index contributed by atoms with van der Waals surface area (Å²) in [5.74, 6) is 1.17. The third kappa shape index (κ3) is 2.40. The molecule has 0 bridgehead atoms. The second-order valence-electron chi connectivity index (χ2n) is 7.25. The van der Waals surface area contributed by atoms with Crippen molar-refractivity contribution in [3.05, 3.63) is 0 Å². The molecule has 3 nitrogen and oxygen atoms in total. The van der Waals surface area contributed by atoms with E-state index in [1.165, 1.54) is 6.92 Å². The molecule has 2 aliphatic carbocycles. The van der Waals surface area contributed by atoms with Gasteiger partial charge in [-0.15, -0.1) is 0 Å². The Balaban J connectivity index is 2.44. The van der Waals surface area contributed by atoms with E-state index in [2.05, 4.69) is 20.8 Å². The molecule has 20 heavy (non-hydrogen) atoms. The van der Waals surface area contributed by atoms with Crippen molar-refractivity contribution in [2.24, 2.45) is 29.6 Å². The third-order valence-electron chi connectivity index (χ3n) is 5.67. The maximum Gasteiger partial charge on any atom is 0.303 e. The summed E-state index contributed by atoms with van der Waals surface area (Å²) in [7, 11) is 0. The monoisotopic (exact) mass is 280 g/mol. The van der Waals surface area contributed by atoms with Crippen LogP contribution in [0, 0.1) is 29.6 Å². The number of rotatable bonds is 2. The molecule has 0 saturated heterocycles. The predicted octanol–water partition coefficient (Wildman–Crippen LogP) is 3.61. The van der Waals surface area contributed by atoms with Gasteiger partial charge in [-0.05, 0) is 43.4 Å². The summed E-state index contributed by atoms with van der Waals surface area (Å²) in [6.45, 7) is 10.0. The van der Waals surface area contributed by atoms with Crippen LogP contribution in [0.15, 0.2) is 0 Å². The maximum absolute atomic E-state index is 12.8. The van der Waals surface area contributed by atoms with E-state index in [4.69, 9.17) is 4.74 Å². The molecule has 0 aromatic carbocycles. The van der Waals surface area contributed by atoms with Crippen molar-refractivity contribution in [3.8, 4) is 0 Å². The molecule has 5 atom stereocenters. The Hall–Kier alpha value is -0.860. The Morgan fingerprint density at radius 3 is 2.45 bits per heavy atom. The van der Waals surface area contributed by atoms with Gasteiger partial charge in [0, 0.05) is 12.8 Å². The lowest BCUT2D eigenvalue weighted by atomic mass is 9.54. The molecule has 114 valence electrons. The van der Waals surface area contributed by atoms with Crippen molar-refractivity contribution in [2.45, 2.75) is 65.9 Å². The van der Waals surface area contributed by atoms with Crippen LogP contribution in [0.4, 0.5) is 0 Å². The Kier molecular flexibility index (Phi) is 4.27. The molecule has 0 heterocycles. The second-order valence-corrected chi connectivity index (χ2v) is 7.25. The van der Waals surface area contributed by atoms with Crippen LogP contribution in [0.2, 0.25) is 0 Å². The minimum absolute atomic E-state index is 0.0982. The van der Waals surface area contributed by atoms with Gasteiger partial charge in [0.25, 0.3) is 0 Å². The molecule has 0 aliphatic heterocycles. The van der Waals surface area contributed by atoms with E-state index in [0.717, 1.165) is 25.7 Å². The zero-order valence-electron chi connectivity index (χ0n) is 13.4. The number of hydrogen-bond donors (Lipinski definition) is 0. The highest BCUT2D eigenvalue weighted by Crippen LogP contribution is 2.53. The van der Waals surface area contributed by atoms with Crippen molar-refractivity contribution < 1.29 is 14.3 Å². The zero-order chi connectivity index (χ0) is 15.1. The first-order chi connectivity index (χ1) is 9.29. The number of esters is 1. The summed E-state index contributed by atoms with van der Waals surface area (Å²) in [6, 6.07) is 0. The van der Waals surface area contributed by atoms with Crippen molar-refractivity contribution in [2.75, 3.05) is 0 Å². The van der Waals surface area contributed by atoms with Crippen LogP contribution >= 0.6 is 0 Å². The third-order valence-corrected chi connectivity index (χ3v) is 5.67. The fourth-order valence-corrected chi connectivity index (χ4v) is 4.47. The van der Waals surface area contributed by atoms with E-state index in [9.17, 15) is 9.59 Å². The standard InChI is InChI=1S/C17H28O3/c1-10(2)14-7-6-12(4)17(20-13(5)18)9-8-11(3)16(19)15(14)17/h10-12,14-15H,6-9H2,1-5H3. The Morgan fingerprint density at radius 1 is 1.25 bits per heavy atom. The number of Topliss-reactive ketones (excluding diaryl/α,β-unsaturated/α-hetero) is 1. The number of ketones is 1. The molecule has 2 saturated carbocycles. The summed E-state index contributed by atoms with van der Waals surface area (Å²) >= 11 is 0. The van der Waals surface area contributed by atoms with Gasteiger partial charge in [0.2, 0.25) is 0 Å². The smallest absolute Gasteiger partial charge is 0.303 e. The first-order valence-corrected chi connectivity index (χ1v) is 8.03. The van der Waals surface area contributed by atoms with E-state index in [1.54, 1.807) is 0 Å². The molecule has 0 amide bonds. The average molecular weight is 280 g/mol. The normalized spacial score (nSPS) is 41.4. The fourth-order valence-electron chi connectivity index (χ4n) is 4.47. The minimum atomic E-state index is -0.539. The minimum Gasteiger partial charge on any atom is -0.458 e. The van der Waals surface area contributed by atoms with Gasteiger partial charge in [-0.1, -0.05) is 27.7 Å². The number of hydrogen-bond acceptors (Lipinski definition) is 3. The van der Waals surface area contributed by atoms with Crippen LogP contribution in [-0.2, 0) is 14.3 Å². The number of carbonyl (C=O) groups excluding carboxylic acids is 2. The first kappa shape index (κ1) is 15.5. The highest BCUT2D eigenvalue weighted by Gasteiger charge is 2.58. The largest absolute Gasteiger partial charge is 0.458 e. The molecule has 2 fully saturated rings. The van der Waals surface area contributed by atoms with Gasteiger partial charge < -0.3 is 4.74 Å². The Labute approximate surface area is 122 Å². The quantitative estimate of drug-likeness (QED) is 0.726. The second kappa shape index (κ2) is 5.50. The highest BCUT2D eigenvalue weighted by molar-refractivity contribution is 5.86. The van der Waals surface area contributed by atoms with Gasteiger partial charge in [-0.25, -0.2) is 0 Å². The maximum atomic E-state index is 12.8. The van der Waals surface area contributed by atoms with Crippen LogP contribution in [0.5, 0.6) is 0 Å². The summed E-state index contributed by atoms with van der Waals surface area (Å²) in [5, 5.41) is 0. The molecule has 0 aromatic heterocycles. The average Bonchev–Trinajstić information content (AvgIpc) is 2.35. The number of fused-ring (bicyclic) bond motifs is 1. The Bertz CT molecular complexity index is 401. The summed E-state index contributed by atoms with van der Waals surface area (Å²) in [4.78, 5) is 24.5. The van der Waals surface area contributed by atoms with Gasteiger partial charge in [-0.3, -0.25) is 9.59 Å². The predicted molar refractivity (Wildman–Crippen MR) is 78.1 cm³/mol. The molecule has 0 spiro atoms.